The minimum atomic E-state index is -3.86. The average molecular weight is 536 g/mol. The van der Waals surface area contributed by atoms with E-state index in [0.29, 0.717) is 22.7 Å². The number of hydrogen-bond donors (Lipinski definition) is 2. The van der Waals surface area contributed by atoms with E-state index in [1.807, 2.05) is 0 Å². The molecule has 0 spiro atoms. The zero-order valence-corrected chi connectivity index (χ0v) is 22.2. The smallest absolute Gasteiger partial charge is 0.357 e. The first-order chi connectivity index (χ1) is 17.3. The van der Waals surface area contributed by atoms with Gasteiger partial charge in [-0.05, 0) is 68.4 Å². The monoisotopic (exact) mass is 535 g/mol. The summed E-state index contributed by atoms with van der Waals surface area (Å²) in [4.78, 5) is 4.02. The molecule has 12 heteroatoms. The number of methoxy groups -OCH3 is 2. The first-order valence-electron chi connectivity index (χ1n) is 11.2. The molecule has 0 fully saturated rings. The number of rotatable bonds is 13. The van der Waals surface area contributed by atoms with Crippen LogP contribution in [-0.2, 0) is 23.6 Å². The molecule has 0 aliphatic carbocycles. The molecule has 1 heterocycles. The second kappa shape index (κ2) is 12.2. The number of ether oxygens (including phenoxy) is 2. The summed E-state index contributed by atoms with van der Waals surface area (Å²) in [6.07, 6.45) is 1.49. The second-order valence-electron chi connectivity index (χ2n) is 7.37. The van der Waals surface area contributed by atoms with Gasteiger partial charge < -0.3 is 23.8 Å². The molecule has 10 nitrogen and oxygen atoms in total. The Bertz CT molecular complexity index is 1280. The van der Waals surface area contributed by atoms with Crippen LogP contribution in [0, 0.1) is 0 Å². The van der Waals surface area contributed by atoms with E-state index >= 15 is 0 Å². The SMILES string of the molecule is CCOP(=O)(OCC)C(Nc1ccc(S(=O)(=O)Nc2ccccn2)cc1)c1cc(OC)ccc1OC. The maximum atomic E-state index is 13.9. The van der Waals surface area contributed by atoms with Gasteiger partial charge in [-0.2, -0.15) is 0 Å². The van der Waals surface area contributed by atoms with Crippen molar-refractivity contribution >= 4 is 29.1 Å². The first-order valence-corrected chi connectivity index (χ1v) is 14.3. The number of anilines is 2. The summed E-state index contributed by atoms with van der Waals surface area (Å²) in [5.41, 5.74) is 0.983. The topological polar surface area (TPSA) is 125 Å². The summed E-state index contributed by atoms with van der Waals surface area (Å²) < 4.78 is 64.0. The van der Waals surface area contributed by atoms with Gasteiger partial charge in [-0.25, -0.2) is 13.4 Å². The molecule has 1 atom stereocenters. The van der Waals surface area contributed by atoms with E-state index in [4.69, 9.17) is 18.5 Å². The average Bonchev–Trinajstić information content (AvgIpc) is 2.87. The molecule has 1 aromatic heterocycles. The minimum Gasteiger partial charge on any atom is -0.497 e. The highest BCUT2D eigenvalue weighted by Crippen LogP contribution is 2.62. The number of pyridine rings is 1. The van der Waals surface area contributed by atoms with Crippen LogP contribution in [0.4, 0.5) is 11.5 Å². The van der Waals surface area contributed by atoms with Crippen molar-refractivity contribution in [3.8, 4) is 11.5 Å². The second-order valence-corrected chi connectivity index (χ2v) is 11.2. The first kappa shape index (κ1) is 27.5. The lowest BCUT2D eigenvalue weighted by Crippen LogP contribution is -2.17. The molecule has 36 heavy (non-hydrogen) atoms. The van der Waals surface area contributed by atoms with Crippen molar-refractivity contribution in [2.45, 2.75) is 24.5 Å². The summed E-state index contributed by atoms with van der Waals surface area (Å²) in [5.74, 6) is 0.210. The summed E-state index contributed by atoms with van der Waals surface area (Å²) in [6.45, 7) is 3.75. The highest BCUT2D eigenvalue weighted by molar-refractivity contribution is 7.92. The summed E-state index contributed by atoms with van der Waals surface area (Å²) in [5, 5.41) is 3.18. The molecular weight excluding hydrogens is 505 g/mol. The van der Waals surface area contributed by atoms with Crippen molar-refractivity contribution in [3.63, 3.8) is 0 Å². The van der Waals surface area contributed by atoms with Gasteiger partial charge >= 0.3 is 7.60 Å². The lowest BCUT2D eigenvalue weighted by atomic mass is 10.1. The molecule has 0 bridgehead atoms. The van der Waals surface area contributed by atoms with Crippen LogP contribution >= 0.6 is 7.60 Å². The molecule has 2 N–H and O–H groups in total. The van der Waals surface area contributed by atoms with Crippen molar-refractivity contribution < 1.29 is 31.5 Å². The predicted molar refractivity (Wildman–Crippen MR) is 138 cm³/mol. The minimum absolute atomic E-state index is 0.0343. The van der Waals surface area contributed by atoms with Gasteiger partial charge in [0.2, 0.25) is 0 Å². The van der Waals surface area contributed by atoms with Crippen LogP contribution in [0.15, 0.2) is 71.8 Å². The third-order valence-corrected chi connectivity index (χ3v) is 8.68. The summed E-state index contributed by atoms with van der Waals surface area (Å²) in [7, 11) is -4.59. The number of hydrogen-bond acceptors (Lipinski definition) is 9. The van der Waals surface area contributed by atoms with Crippen molar-refractivity contribution in [1.82, 2.24) is 4.98 Å². The highest BCUT2D eigenvalue weighted by atomic mass is 32.2. The Labute approximate surface area is 211 Å². The van der Waals surface area contributed by atoms with Crippen molar-refractivity contribution in [3.05, 3.63) is 72.4 Å². The predicted octanol–water partition coefficient (Wildman–Crippen LogP) is 5.28. The third-order valence-electron chi connectivity index (χ3n) is 5.04. The number of nitrogens with zero attached hydrogens (tertiary/aromatic N) is 1. The van der Waals surface area contributed by atoms with Gasteiger partial charge in [0.1, 0.15) is 17.3 Å². The number of aromatic nitrogens is 1. The maximum Gasteiger partial charge on any atom is 0.357 e. The van der Waals surface area contributed by atoms with Crippen molar-refractivity contribution in [2.24, 2.45) is 0 Å². The van der Waals surface area contributed by atoms with Gasteiger partial charge in [0.05, 0.1) is 32.3 Å². The van der Waals surface area contributed by atoms with Crippen LogP contribution in [0.3, 0.4) is 0 Å². The van der Waals surface area contributed by atoms with E-state index in [9.17, 15) is 13.0 Å². The lowest BCUT2D eigenvalue weighted by molar-refractivity contribution is 0.213. The fourth-order valence-corrected chi connectivity index (χ4v) is 6.38. The zero-order valence-electron chi connectivity index (χ0n) is 20.5. The van der Waals surface area contributed by atoms with E-state index in [1.165, 1.54) is 32.5 Å². The number of benzene rings is 2. The molecule has 0 aliphatic heterocycles. The standard InChI is InChI=1S/C24H30N3O7PS/c1-5-33-35(28,34-6-2)24(21-17-19(31-3)12-15-22(21)32-4)26-18-10-13-20(14-11-18)36(29,30)27-23-9-7-8-16-25-23/h7-17,24,26H,5-6H2,1-4H3,(H,25,27). The Morgan fingerprint density at radius 3 is 2.19 bits per heavy atom. The Hall–Kier alpha value is -3.11. The molecule has 3 aromatic rings. The summed E-state index contributed by atoms with van der Waals surface area (Å²) in [6, 6.07) is 16.0. The Kier molecular flexibility index (Phi) is 9.33. The largest absolute Gasteiger partial charge is 0.497 e. The molecular formula is C24H30N3O7PS. The molecule has 0 radical (unpaired) electrons. The fraction of sp³-hybridized carbons (Fsp3) is 0.292. The van der Waals surface area contributed by atoms with Crippen molar-refractivity contribution in [2.75, 3.05) is 37.5 Å². The van der Waals surface area contributed by atoms with E-state index in [0.717, 1.165) is 0 Å². The van der Waals surface area contributed by atoms with Gasteiger partial charge in [-0.15, -0.1) is 0 Å². The molecule has 194 valence electrons. The van der Waals surface area contributed by atoms with E-state index in [1.54, 1.807) is 62.4 Å². The molecule has 0 aliphatic rings. The highest BCUT2D eigenvalue weighted by Gasteiger charge is 2.39. The van der Waals surface area contributed by atoms with Crippen LogP contribution in [0.5, 0.6) is 11.5 Å². The number of nitrogens with one attached hydrogen (secondary N) is 2. The maximum absolute atomic E-state index is 13.9. The van der Waals surface area contributed by atoms with Crippen LogP contribution in [0.1, 0.15) is 25.2 Å². The Morgan fingerprint density at radius 1 is 0.944 bits per heavy atom. The van der Waals surface area contributed by atoms with E-state index in [2.05, 4.69) is 15.0 Å². The third kappa shape index (κ3) is 6.55. The van der Waals surface area contributed by atoms with Crippen LogP contribution in [-0.4, -0.2) is 40.8 Å². The summed E-state index contributed by atoms with van der Waals surface area (Å²) >= 11 is 0. The normalized spacial score (nSPS) is 12.6. The molecule has 1 unspecified atom stereocenters. The molecule has 3 rings (SSSR count). The fourth-order valence-electron chi connectivity index (χ4n) is 3.43. The molecule has 0 amide bonds. The molecule has 0 saturated heterocycles. The van der Waals surface area contributed by atoms with E-state index in [-0.39, 0.29) is 23.9 Å². The zero-order chi connectivity index (χ0) is 26.2. The lowest BCUT2D eigenvalue weighted by Gasteiger charge is -2.29. The van der Waals surface area contributed by atoms with Gasteiger partial charge in [0.15, 0.2) is 5.78 Å². The van der Waals surface area contributed by atoms with Gasteiger partial charge in [0.25, 0.3) is 10.0 Å². The van der Waals surface area contributed by atoms with E-state index < -0.39 is 23.4 Å². The Morgan fingerprint density at radius 2 is 1.64 bits per heavy atom. The van der Waals surface area contributed by atoms with Crippen molar-refractivity contribution in [1.29, 1.82) is 0 Å². The van der Waals surface area contributed by atoms with Gasteiger partial charge in [-0.3, -0.25) is 9.29 Å². The number of sulfonamides is 1. The van der Waals surface area contributed by atoms with Gasteiger partial charge in [-0.1, -0.05) is 6.07 Å². The van der Waals surface area contributed by atoms with Crippen LogP contribution < -0.4 is 19.5 Å². The van der Waals surface area contributed by atoms with Crippen LogP contribution in [0.2, 0.25) is 0 Å². The Balaban J connectivity index is 1.98. The molecule has 2 aromatic carbocycles. The molecule has 0 saturated carbocycles. The van der Waals surface area contributed by atoms with Gasteiger partial charge in [0, 0.05) is 17.4 Å². The van der Waals surface area contributed by atoms with Crippen LogP contribution in [0.25, 0.3) is 0 Å². The quantitative estimate of drug-likeness (QED) is 0.281.